The van der Waals surface area contributed by atoms with E-state index in [1.54, 1.807) is 0 Å². The number of phenolic OH excluding ortho intramolecular Hbond substituents is 1. The smallest absolute Gasteiger partial charge is 0.149 e. The number of aromatic hydroxyl groups is 1. The van der Waals surface area contributed by atoms with Crippen LogP contribution in [-0.2, 0) is 17.3 Å². The molecule has 4 heteroatoms. The first kappa shape index (κ1) is 47.3. The van der Waals surface area contributed by atoms with E-state index in [0.717, 1.165) is 73.3 Å². The van der Waals surface area contributed by atoms with Crippen LogP contribution in [0.3, 0.4) is 0 Å². The molecule has 2 aliphatic carbocycles. The molecule has 0 aliphatic heterocycles. The van der Waals surface area contributed by atoms with Crippen LogP contribution in [0.15, 0.2) is 170 Å². The van der Waals surface area contributed by atoms with Gasteiger partial charge >= 0.3 is 0 Å². The standard InChI is InChI=1S/C68H69N3O/c1-67(2,3)55-40-53(39-54(41-55)61-42-52(35-36-69-61)49-32-30-48(31-33-49)47-21-10-7-11-22-47)57-27-18-28-63-64(57)70-66(60-44-56(68(4,5)6)43-59(65(60)72)51-25-14-9-15-26-51)71(63)62-34-29-46(37-45-19-16-17-20-45)38-58(62)50-23-12-8-13-24-50/h8-9,12-15,18,23-36,38-45,47,72H,7,10-11,16-17,19-22,37H2,1-6H3. The van der Waals surface area contributed by atoms with Crippen molar-refractivity contribution in [2.24, 2.45) is 5.92 Å². The van der Waals surface area contributed by atoms with E-state index in [1.807, 2.05) is 24.4 Å². The molecule has 1 N–H and O–H groups in total. The maximum Gasteiger partial charge on any atom is 0.149 e. The molecule has 0 atom stereocenters. The van der Waals surface area contributed by atoms with Crippen molar-refractivity contribution in [3.05, 3.63) is 192 Å². The Morgan fingerprint density at radius 1 is 0.500 bits per heavy atom. The van der Waals surface area contributed by atoms with E-state index in [-0.39, 0.29) is 16.6 Å². The second-order valence-corrected chi connectivity index (χ2v) is 23.0. The first-order valence-electron chi connectivity index (χ1n) is 26.7. The van der Waals surface area contributed by atoms with Gasteiger partial charge in [0, 0.05) is 28.5 Å². The summed E-state index contributed by atoms with van der Waals surface area (Å²) in [5.41, 5.74) is 19.0. The molecule has 0 saturated heterocycles. The van der Waals surface area contributed by atoms with Crippen LogP contribution in [0.1, 0.15) is 128 Å². The number of nitrogens with zero attached hydrogens (tertiary/aromatic N) is 3. The monoisotopic (exact) mass is 944 g/mol. The highest BCUT2D eigenvalue weighted by Gasteiger charge is 2.28. The predicted molar refractivity (Wildman–Crippen MR) is 302 cm³/mol. The Balaban J connectivity index is 1.12. The summed E-state index contributed by atoms with van der Waals surface area (Å²) < 4.78 is 2.33. The number of fused-ring (bicyclic) bond motifs is 1. The topological polar surface area (TPSA) is 50.9 Å². The van der Waals surface area contributed by atoms with Crippen LogP contribution in [0.4, 0.5) is 0 Å². The number of benzene rings is 7. The lowest BCUT2D eigenvalue weighted by Gasteiger charge is -2.23. The fourth-order valence-corrected chi connectivity index (χ4v) is 11.6. The average molecular weight is 944 g/mol. The molecule has 2 saturated carbocycles. The highest BCUT2D eigenvalue weighted by atomic mass is 16.3. The van der Waals surface area contributed by atoms with Crippen molar-refractivity contribution in [1.82, 2.24) is 14.5 Å². The van der Waals surface area contributed by atoms with Crippen LogP contribution >= 0.6 is 0 Å². The number of para-hydroxylation sites is 1. The van der Waals surface area contributed by atoms with Crippen LogP contribution in [-0.4, -0.2) is 19.6 Å². The highest BCUT2D eigenvalue weighted by molar-refractivity contribution is 5.98. The predicted octanol–water partition coefficient (Wildman–Crippen LogP) is 18.5. The van der Waals surface area contributed by atoms with Crippen molar-refractivity contribution in [2.75, 3.05) is 0 Å². The van der Waals surface area contributed by atoms with Crippen LogP contribution < -0.4 is 0 Å². The Kier molecular flexibility index (Phi) is 12.8. The average Bonchev–Trinajstić information content (AvgIpc) is 4.07. The van der Waals surface area contributed by atoms with Gasteiger partial charge in [0.2, 0.25) is 0 Å². The van der Waals surface area contributed by atoms with E-state index in [4.69, 9.17) is 9.97 Å². The van der Waals surface area contributed by atoms with Gasteiger partial charge in [-0.3, -0.25) is 9.55 Å². The number of pyridine rings is 1. The second-order valence-electron chi connectivity index (χ2n) is 23.0. The fraction of sp³-hybridized carbons (Fsp3) is 0.294. The van der Waals surface area contributed by atoms with Gasteiger partial charge in [-0.1, -0.05) is 196 Å². The minimum atomic E-state index is -0.210. The largest absolute Gasteiger partial charge is 0.507 e. The molecular weight excluding hydrogens is 875 g/mol. The Bertz CT molecular complexity index is 3370. The molecule has 0 spiro atoms. The molecule has 2 fully saturated rings. The van der Waals surface area contributed by atoms with Gasteiger partial charge in [-0.25, -0.2) is 4.98 Å². The molecule has 2 heterocycles. The summed E-state index contributed by atoms with van der Waals surface area (Å²) in [7, 11) is 0. The van der Waals surface area contributed by atoms with Gasteiger partial charge in [-0.2, -0.15) is 0 Å². The summed E-state index contributed by atoms with van der Waals surface area (Å²) in [5.74, 6) is 2.31. The summed E-state index contributed by atoms with van der Waals surface area (Å²) in [6.07, 6.45) is 14.9. The normalized spacial score (nSPS) is 14.9. The third-order valence-electron chi connectivity index (χ3n) is 15.9. The van der Waals surface area contributed by atoms with E-state index in [9.17, 15) is 5.11 Å². The molecule has 7 aromatic carbocycles. The van der Waals surface area contributed by atoms with Crippen LogP contribution in [0.25, 0.3) is 83.9 Å². The SMILES string of the molecule is CC(C)(C)c1cc(-c2cc(-c3ccc(C4CCCCC4)cc3)ccn2)cc(-c2cccc3c2nc(-c2cc(C(C)(C)C)cc(-c4ccccc4)c2O)n3-c2ccc(CC3CCCC3)cc2-c2ccccc2)c1. The van der Waals surface area contributed by atoms with Gasteiger partial charge in [-0.15, -0.1) is 0 Å². The van der Waals surface area contributed by atoms with Crippen molar-refractivity contribution in [3.8, 4) is 78.6 Å². The van der Waals surface area contributed by atoms with Crippen LogP contribution in [0.5, 0.6) is 5.75 Å². The first-order valence-corrected chi connectivity index (χ1v) is 26.7. The molecule has 2 aromatic heterocycles. The lowest BCUT2D eigenvalue weighted by atomic mass is 9.83. The van der Waals surface area contributed by atoms with Crippen molar-refractivity contribution in [1.29, 1.82) is 0 Å². The first-order chi connectivity index (χ1) is 34.9. The van der Waals surface area contributed by atoms with Gasteiger partial charge in [0.25, 0.3) is 0 Å². The number of phenols is 1. The van der Waals surface area contributed by atoms with Crippen molar-refractivity contribution >= 4 is 11.0 Å². The Morgan fingerprint density at radius 3 is 1.83 bits per heavy atom. The molecule has 9 aromatic rings. The van der Waals surface area contributed by atoms with Crippen LogP contribution in [0, 0.1) is 5.92 Å². The Morgan fingerprint density at radius 2 is 1.14 bits per heavy atom. The molecule has 0 bridgehead atoms. The minimum absolute atomic E-state index is 0.145. The molecule has 0 amide bonds. The van der Waals surface area contributed by atoms with Gasteiger partial charge in [0.1, 0.15) is 11.6 Å². The van der Waals surface area contributed by atoms with Crippen molar-refractivity contribution in [3.63, 3.8) is 0 Å². The third-order valence-corrected chi connectivity index (χ3v) is 15.9. The van der Waals surface area contributed by atoms with E-state index in [1.165, 1.54) is 85.6 Å². The number of hydrogen-bond acceptors (Lipinski definition) is 3. The summed E-state index contributed by atoms with van der Waals surface area (Å²) >= 11 is 0. The molecule has 362 valence electrons. The lowest BCUT2D eigenvalue weighted by molar-refractivity contribution is 0.443. The number of hydrogen-bond donors (Lipinski definition) is 1. The third kappa shape index (κ3) is 9.57. The second kappa shape index (κ2) is 19.5. The maximum atomic E-state index is 12.8. The zero-order valence-corrected chi connectivity index (χ0v) is 43.2. The number of imidazole rings is 1. The van der Waals surface area contributed by atoms with Gasteiger partial charge < -0.3 is 5.11 Å². The van der Waals surface area contributed by atoms with Gasteiger partial charge in [-0.05, 0) is 147 Å². The summed E-state index contributed by atoms with van der Waals surface area (Å²) in [6.45, 7) is 13.6. The van der Waals surface area contributed by atoms with E-state index in [0.29, 0.717) is 23.2 Å². The highest BCUT2D eigenvalue weighted by Crippen LogP contribution is 2.46. The van der Waals surface area contributed by atoms with Gasteiger partial charge in [0.05, 0.1) is 28.0 Å². The summed E-state index contributed by atoms with van der Waals surface area (Å²) in [4.78, 5) is 10.8. The van der Waals surface area contributed by atoms with E-state index in [2.05, 4.69) is 192 Å². The minimum Gasteiger partial charge on any atom is -0.507 e. The number of aromatic nitrogens is 3. The molecule has 0 unspecified atom stereocenters. The van der Waals surface area contributed by atoms with Crippen molar-refractivity contribution in [2.45, 2.75) is 122 Å². The summed E-state index contributed by atoms with van der Waals surface area (Å²) in [5, 5.41) is 12.8. The fourth-order valence-electron chi connectivity index (χ4n) is 11.6. The number of rotatable bonds is 10. The maximum absolute atomic E-state index is 12.8. The molecular formula is C68H69N3O. The molecule has 2 aliphatic rings. The molecule has 11 rings (SSSR count). The van der Waals surface area contributed by atoms with Crippen LogP contribution in [0.2, 0.25) is 0 Å². The quantitative estimate of drug-likeness (QED) is 0.149. The zero-order valence-electron chi connectivity index (χ0n) is 43.2. The molecule has 4 nitrogen and oxygen atoms in total. The Hall–Kier alpha value is -7.04. The van der Waals surface area contributed by atoms with E-state index < -0.39 is 0 Å². The zero-order chi connectivity index (χ0) is 49.6. The molecule has 72 heavy (non-hydrogen) atoms. The lowest BCUT2D eigenvalue weighted by Crippen LogP contribution is -2.12. The van der Waals surface area contributed by atoms with Crippen molar-refractivity contribution < 1.29 is 5.11 Å². The molecule has 0 radical (unpaired) electrons. The Labute approximate surface area is 427 Å². The summed E-state index contributed by atoms with van der Waals surface area (Å²) in [6, 6.07) is 59.8. The van der Waals surface area contributed by atoms with Gasteiger partial charge in [0.15, 0.2) is 0 Å². The van der Waals surface area contributed by atoms with E-state index >= 15 is 0 Å².